The molecular weight excluding hydrogens is 418 g/mol. The van der Waals surface area contributed by atoms with Crippen LogP contribution in [0, 0.1) is 18.8 Å². The van der Waals surface area contributed by atoms with Gasteiger partial charge < -0.3 is 10.1 Å². The third kappa shape index (κ3) is 4.16. The highest BCUT2D eigenvalue weighted by molar-refractivity contribution is 6.00. The Labute approximate surface area is 192 Å². The van der Waals surface area contributed by atoms with Gasteiger partial charge in [0.15, 0.2) is 0 Å². The SMILES string of the molecule is Cc1cc(COc2cccc([C@@]3(C(=O)NCC4CC4)C[C@H]3C(=O)NO)c2)c2ccccc2n1. The van der Waals surface area contributed by atoms with Crippen molar-refractivity contribution in [1.82, 2.24) is 15.8 Å². The van der Waals surface area contributed by atoms with E-state index in [1.54, 1.807) is 5.48 Å². The van der Waals surface area contributed by atoms with Gasteiger partial charge in [-0.2, -0.15) is 0 Å². The summed E-state index contributed by atoms with van der Waals surface area (Å²) in [7, 11) is 0. The first-order valence-corrected chi connectivity index (χ1v) is 11.3. The summed E-state index contributed by atoms with van der Waals surface area (Å²) in [6, 6.07) is 17.3. The van der Waals surface area contributed by atoms with E-state index in [2.05, 4.69) is 10.3 Å². The van der Waals surface area contributed by atoms with E-state index >= 15 is 0 Å². The number of aryl methyl sites for hydroxylation is 1. The van der Waals surface area contributed by atoms with Gasteiger partial charge in [0.25, 0.3) is 0 Å². The Kier molecular flexibility index (Phi) is 5.50. The van der Waals surface area contributed by atoms with Crippen LogP contribution in [-0.4, -0.2) is 28.6 Å². The molecule has 1 heterocycles. The standard InChI is InChI=1S/C26H27N3O4/c1-16-11-18(21-7-2-3-8-23(21)28-16)15-33-20-6-4-5-19(12-20)26(13-22(26)24(30)29-32)25(31)27-14-17-9-10-17/h2-8,11-12,17,22,32H,9-10,13-15H2,1H3,(H,27,31)(H,29,30)/t22-,26-/m0/s1. The minimum atomic E-state index is -0.985. The molecule has 33 heavy (non-hydrogen) atoms. The van der Waals surface area contributed by atoms with Gasteiger partial charge in [-0.1, -0.05) is 30.3 Å². The van der Waals surface area contributed by atoms with Crippen LogP contribution < -0.4 is 15.5 Å². The maximum absolute atomic E-state index is 13.1. The molecule has 2 aliphatic rings. The van der Waals surface area contributed by atoms with Gasteiger partial charge in [0.1, 0.15) is 12.4 Å². The van der Waals surface area contributed by atoms with Crippen molar-refractivity contribution in [2.24, 2.45) is 11.8 Å². The van der Waals surface area contributed by atoms with Crippen LogP contribution in [0.15, 0.2) is 54.6 Å². The summed E-state index contributed by atoms with van der Waals surface area (Å²) >= 11 is 0. The number of hydroxylamine groups is 1. The van der Waals surface area contributed by atoms with Gasteiger partial charge in [-0.05, 0) is 61.9 Å². The van der Waals surface area contributed by atoms with Crippen LogP contribution >= 0.6 is 0 Å². The number of rotatable bonds is 8. The van der Waals surface area contributed by atoms with Crippen molar-refractivity contribution >= 4 is 22.7 Å². The molecule has 170 valence electrons. The zero-order chi connectivity index (χ0) is 23.0. The van der Waals surface area contributed by atoms with Crippen molar-refractivity contribution < 1.29 is 19.5 Å². The summed E-state index contributed by atoms with van der Waals surface area (Å²) in [5.74, 6) is -0.167. The average Bonchev–Trinajstić information content (AvgIpc) is 3.75. The molecule has 2 aliphatic carbocycles. The lowest BCUT2D eigenvalue weighted by Gasteiger charge is -2.19. The number of fused-ring (bicyclic) bond motifs is 1. The molecule has 0 spiro atoms. The lowest BCUT2D eigenvalue weighted by molar-refractivity contribution is -0.133. The van der Waals surface area contributed by atoms with Crippen LogP contribution in [0.25, 0.3) is 10.9 Å². The maximum Gasteiger partial charge on any atom is 0.247 e. The van der Waals surface area contributed by atoms with Crippen LogP contribution in [-0.2, 0) is 21.6 Å². The molecule has 0 unspecified atom stereocenters. The molecule has 0 radical (unpaired) electrons. The fourth-order valence-corrected chi connectivity index (χ4v) is 4.61. The minimum absolute atomic E-state index is 0.170. The van der Waals surface area contributed by atoms with Crippen LogP contribution in [0.3, 0.4) is 0 Å². The highest BCUT2D eigenvalue weighted by atomic mass is 16.5. The third-order valence-electron chi connectivity index (χ3n) is 6.71. The molecule has 1 aromatic heterocycles. The number of pyridine rings is 1. The topological polar surface area (TPSA) is 101 Å². The number of hydrogen-bond donors (Lipinski definition) is 3. The molecule has 3 N–H and O–H groups in total. The number of hydrogen-bond acceptors (Lipinski definition) is 5. The monoisotopic (exact) mass is 445 g/mol. The first-order chi connectivity index (χ1) is 16.0. The Hall–Kier alpha value is -3.45. The normalized spacial score (nSPS) is 21.5. The molecule has 7 nitrogen and oxygen atoms in total. The number of nitrogens with one attached hydrogen (secondary N) is 2. The van der Waals surface area contributed by atoms with Crippen LogP contribution in [0.2, 0.25) is 0 Å². The van der Waals surface area contributed by atoms with Crippen molar-refractivity contribution in [2.75, 3.05) is 6.54 Å². The van der Waals surface area contributed by atoms with Crippen molar-refractivity contribution in [3.63, 3.8) is 0 Å². The molecule has 2 fully saturated rings. The molecule has 0 saturated heterocycles. The minimum Gasteiger partial charge on any atom is -0.489 e. The van der Waals surface area contributed by atoms with E-state index in [4.69, 9.17) is 9.94 Å². The zero-order valence-corrected chi connectivity index (χ0v) is 18.5. The number of carbonyl (C=O) groups excluding carboxylic acids is 2. The van der Waals surface area contributed by atoms with E-state index in [-0.39, 0.29) is 5.91 Å². The molecule has 0 bridgehead atoms. The zero-order valence-electron chi connectivity index (χ0n) is 18.5. The second-order valence-electron chi connectivity index (χ2n) is 9.11. The van der Waals surface area contributed by atoms with Crippen molar-refractivity contribution in [3.05, 3.63) is 71.4 Å². The molecule has 7 heteroatoms. The second kappa shape index (κ2) is 8.48. The molecule has 5 rings (SSSR count). The van der Waals surface area contributed by atoms with E-state index in [0.29, 0.717) is 31.2 Å². The average molecular weight is 446 g/mol. The summed E-state index contributed by atoms with van der Waals surface area (Å²) < 4.78 is 6.12. The first-order valence-electron chi connectivity index (χ1n) is 11.3. The quantitative estimate of drug-likeness (QED) is 0.364. The Morgan fingerprint density at radius 1 is 1.15 bits per heavy atom. The highest BCUT2D eigenvalue weighted by Gasteiger charge is 2.64. The smallest absolute Gasteiger partial charge is 0.247 e. The summed E-state index contributed by atoms with van der Waals surface area (Å²) in [5, 5.41) is 13.2. The largest absolute Gasteiger partial charge is 0.489 e. The van der Waals surface area contributed by atoms with Crippen molar-refractivity contribution in [3.8, 4) is 5.75 Å². The lowest BCUT2D eigenvalue weighted by Crippen LogP contribution is -2.39. The number of ether oxygens (including phenoxy) is 1. The lowest BCUT2D eigenvalue weighted by atomic mass is 9.91. The van der Waals surface area contributed by atoms with E-state index < -0.39 is 17.2 Å². The molecule has 2 saturated carbocycles. The molecule has 2 atom stereocenters. The summed E-state index contributed by atoms with van der Waals surface area (Å²) in [6.45, 7) is 2.94. The molecule has 2 aromatic carbocycles. The number of para-hydroxylation sites is 1. The molecule has 2 amide bonds. The third-order valence-corrected chi connectivity index (χ3v) is 6.71. The number of amides is 2. The van der Waals surface area contributed by atoms with Crippen LogP contribution in [0.5, 0.6) is 5.75 Å². The van der Waals surface area contributed by atoms with E-state index in [1.165, 1.54) is 0 Å². The van der Waals surface area contributed by atoms with Gasteiger partial charge in [-0.15, -0.1) is 0 Å². The number of benzene rings is 2. The second-order valence-corrected chi connectivity index (χ2v) is 9.11. The number of nitrogens with zero attached hydrogens (tertiary/aromatic N) is 1. The van der Waals surface area contributed by atoms with E-state index in [9.17, 15) is 9.59 Å². The number of carbonyl (C=O) groups is 2. The highest BCUT2D eigenvalue weighted by Crippen LogP contribution is 2.55. The van der Waals surface area contributed by atoms with Gasteiger partial charge in [-0.3, -0.25) is 19.8 Å². The van der Waals surface area contributed by atoms with Gasteiger partial charge in [-0.25, -0.2) is 5.48 Å². The predicted octanol–water partition coefficient (Wildman–Crippen LogP) is 3.41. The van der Waals surface area contributed by atoms with Crippen LogP contribution in [0.1, 0.15) is 36.1 Å². The Balaban J connectivity index is 1.38. The fraction of sp³-hybridized carbons (Fsp3) is 0.346. The van der Waals surface area contributed by atoms with Gasteiger partial charge >= 0.3 is 0 Å². The van der Waals surface area contributed by atoms with Gasteiger partial charge in [0, 0.05) is 23.2 Å². The van der Waals surface area contributed by atoms with Crippen molar-refractivity contribution in [2.45, 2.75) is 38.2 Å². The fourth-order valence-electron chi connectivity index (χ4n) is 4.61. The first kappa shape index (κ1) is 21.4. The Bertz CT molecular complexity index is 1220. The Morgan fingerprint density at radius 2 is 1.97 bits per heavy atom. The van der Waals surface area contributed by atoms with E-state index in [0.717, 1.165) is 40.6 Å². The number of aromatic nitrogens is 1. The molecular formula is C26H27N3O4. The Morgan fingerprint density at radius 3 is 2.76 bits per heavy atom. The molecule has 0 aliphatic heterocycles. The summed E-state index contributed by atoms with van der Waals surface area (Å²) in [5.41, 5.74) is 4.32. The van der Waals surface area contributed by atoms with Gasteiger partial charge in [0.05, 0.1) is 16.8 Å². The van der Waals surface area contributed by atoms with Gasteiger partial charge in [0.2, 0.25) is 11.8 Å². The summed E-state index contributed by atoms with van der Waals surface area (Å²) in [4.78, 5) is 29.9. The van der Waals surface area contributed by atoms with Crippen LogP contribution in [0.4, 0.5) is 0 Å². The molecule has 3 aromatic rings. The van der Waals surface area contributed by atoms with E-state index in [1.807, 2.05) is 61.5 Å². The summed E-state index contributed by atoms with van der Waals surface area (Å²) in [6.07, 6.45) is 2.61. The van der Waals surface area contributed by atoms with Crippen molar-refractivity contribution in [1.29, 1.82) is 0 Å². The maximum atomic E-state index is 13.1. The predicted molar refractivity (Wildman–Crippen MR) is 123 cm³/mol.